The van der Waals surface area contributed by atoms with Gasteiger partial charge in [0.15, 0.2) is 5.13 Å². The van der Waals surface area contributed by atoms with Crippen LogP contribution in [-0.4, -0.2) is 10.9 Å². The standard InChI is InChI=1S/C17H11ClF2N2OS/c18-11-3-1-10(2-4-11)7-13-9-21-17(24-13)22-16(23)14-6-5-12(19)8-15(14)20/h1-6,8-9H,7H2,(H,21,22,23). The lowest BCUT2D eigenvalue weighted by molar-refractivity contribution is 0.102. The first-order valence-corrected chi connectivity index (χ1v) is 8.16. The zero-order chi connectivity index (χ0) is 17.1. The highest BCUT2D eigenvalue weighted by Crippen LogP contribution is 2.23. The van der Waals surface area contributed by atoms with Crippen molar-refractivity contribution >= 4 is 34.0 Å². The molecule has 0 fully saturated rings. The molecule has 0 spiro atoms. The molecule has 3 nitrogen and oxygen atoms in total. The van der Waals surface area contributed by atoms with Gasteiger partial charge in [0.25, 0.3) is 5.91 Å². The molecule has 1 amide bonds. The van der Waals surface area contributed by atoms with Crippen molar-refractivity contribution < 1.29 is 13.6 Å². The van der Waals surface area contributed by atoms with E-state index in [0.29, 0.717) is 22.6 Å². The number of thiazole rings is 1. The van der Waals surface area contributed by atoms with Crippen LogP contribution in [0.25, 0.3) is 0 Å². The summed E-state index contributed by atoms with van der Waals surface area (Å²) in [5.41, 5.74) is 0.830. The van der Waals surface area contributed by atoms with E-state index in [-0.39, 0.29) is 5.56 Å². The number of hydrogen-bond donors (Lipinski definition) is 1. The molecule has 3 rings (SSSR count). The number of anilines is 1. The van der Waals surface area contributed by atoms with E-state index in [1.54, 1.807) is 18.3 Å². The zero-order valence-electron chi connectivity index (χ0n) is 12.2. The molecule has 0 saturated carbocycles. The third-order valence-electron chi connectivity index (χ3n) is 3.24. The predicted molar refractivity (Wildman–Crippen MR) is 90.7 cm³/mol. The summed E-state index contributed by atoms with van der Waals surface area (Å²) in [5.74, 6) is -2.31. The summed E-state index contributed by atoms with van der Waals surface area (Å²) in [4.78, 5) is 17.1. The lowest BCUT2D eigenvalue weighted by atomic mass is 10.1. The Labute approximate surface area is 145 Å². The van der Waals surface area contributed by atoms with E-state index >= 15 is 0 Å². The molecule has 0 aliphatic rings. The average Bonchev–Trinajstić information content (AvgIpc) is 2.96. The first-order valence-electron chi connectivity index (χ1n) is 6.97. The van der Waals surface area contributed by atoms with Crippen LogP contribution in [-0.2, 0) is 6.42 Å². The van der Waals surface area contributed by atoms with E-state index in [1.165, 1.54) is 11.3 Å². The number of rotatable bonds is 4. The Morgan fingerprint density at radius 2 is 1.92 bits per heavy atom. The summed E-state index contributed by atoms with van der Waals surface area (Å²) in [5, 5.41) is 3.54. The Kier molecular flexibility index (Phi) is 4.87. The number of halogens is 3. The Hall–Kier alpha value is -2.31. The maximum absolute atomic E-state index is 13.6. The molecule has 24 heavy (non-hydrogen) atoms. The van der Waals surface area contributed by atoms with E-state index in [9.17, 15) is 13.6 Å². The van der Waals surface area contributed by atoms with Gasteiger partial charge in [0, 0.05) is 28.6 Å². The topological polar surface area (TPSA) is 42.0 Å². The molecule has 3 aromatic rings. The number of amides is 1. The molecular formula is C17H11ClF2N2OS. The van der Waals surface area contributed by atoms with Gasteiger partial charge >= 0.3 is 0 Å². The van der Waals surface area contributed by atoms with E-state index in [4.69, 9.17) is 11.6 Å². The average molecular weight is 365 g/mol. The normalized spacial score (nSPS) is 10.6. The molecule has 2 aromatic carbocycles. The van der Waals surface area contributed by atoms with Crippen molar-refractivity contribution in [3.8, 4) is 0 Å². The lowest BCUT2D eigenvalue weighted by Gasteiger charge is -2.03. The Morgan fingerprint density at radius 3 is 2.62 bits per heavy atom. The second-order valence-electron chi connectivity index (χ2n) is 5.01. The molecule has 1 N–H and O–H groups in total. The van der Waals surface area contributed by atoms with Gasteiger partial charge in [0.2, 0.25) is 0 Å². The van der Waals surface area contributed by atoms with Gasteiger partial charge in [-0.25, -0.2) is 13.8 Å². The van der Waals surface area contributed by atoms with E-state index in [0.717, 1.165) is 22.6 Å². The van der Waals surface area contributed by atoms with Crippen LogP contribution in [0.15, 0.2) is 48.7 Å². The van der Waals surface area contributed by atoms with Gasteiger partial charge in [-0.3, -0.25) is 10.1 Å². The SMILES string of the molecule is O=C(Nc1ncc(Cc2ccc(Cl)cc2)s1)c1ccc(F)cc1F. The third-order valence-corrected chi connectivity index (χ3v) is 4.41. The highest BCUT2D eigenvalue weighted by Gasteiger charge is 2.14. The van der Waals surface area contributed by atoms with E-state index < -0.39 is 17.5 Å². The summed E-state index contributed by atoms with van der Waals surface area (Å²) < 4.78 is 26.5. The van der Waals surface area contributed by atoms with Crippen LogP contribution in [0.2, 0.25) is 5.02 Å². The van der Waals surface area contributed by atoms with E-state index in [2.05, 4.69) is 10.3 Å². The minimum atomic E-state index is -0.912. The Bertz CT molecular complexity index is 881. The smallest absolute Gasteiger partial charge is 0.260 e. The van der Waals surface area contributed by atoms with Gasteiger partial charge in [0.05, 0.1) is 5.56 Å². The molecule has 0 aliphatic heterocycles. The summed E-state index contributed by atoms with van der Waals surface area (Å²) in [6.45, 7) is 0. The monoisotopic (exact) mass is 364 g/mol. The molecule has 0 bridgehead atoms. The van der Waals surface area contributed by atoms with Crippen LogP contribution in [0.5, 0.6) is 0 Å². The number of benzene rings is 2. The number of nitrogens with one attached hydrogen (secondary N) is 1. The minimum absolute atomic E-state index is 0.231. The summed E-state index contributed by atoms with van der Waals surface area (Å²) in [6.07, 6.45) is 2.30. The fourth-order valence-corrected chi connectivity index (χ4v) is 3.06. The van der Waals surface area contributed by atoms with Crippen LogP contribution >= 0.6 is 22.9 Å². The predicted octanol–water partition coefficient (Wildman–Crippen LogP) is 4.92. The maximum Gasteiger partial charge on any atom is 0.260 e. The van der Waals surface area contributed by atoms with Crippen molar-refractivity contribution in [3.05, 3.63) is 81.3 Å². The minimum Gasteiger partial charge on any atom is -0.298 e. The fourth-order valence-electron chi connectivity index (χ4n) is 2.09. The summed E-state index contributed by atoms with van der Waals surface area (Å²) >= 11 is 7.14. The van der Waals surface area contributed by atoms with Gasteiger partial charge < -0.3 is 0 Å². The summed E-state index contributed by atoms with van der Waals surface area (Å²) in [7, 11) is 0. The van der Waals surface area contributed by atoms with Crippen molar-refractivity contribution in [3.63, 3.8) is 0 Å². The molecule has 0 atom stereocenters. The van der Waals surface area contributed by atoms with Crippen molar-refractivity contribution in [1.82, 2.24) is 4.98 Å². The fraction of sp³-hybridized carbons (Fsp3) is 0.0588. The van der Waals surface area contributed by atoms with Crippen LogP contribution in [0.1, 0.15) is 20.8 Å². The van der Waals surface area contributed by atoms with Gasteiger partial charge in [-0.15, -0.1) is 11.3 Å². The largest absolute Gasteiger partial charge is 0.298 e. The van der Waals surface area contributed by atoms with Crippen LogP contribution in [0.3, 0.4) is 0 Å². The zero-order valence-corrected chi connectivity index (χ0v) is 13.8. The van der Waals surface area contributed by atoms with Gasteiger partial charge in [0.1, 0.15) is 11.6 Å². The number of hydrogen-bond acceptors (Lipinski definition) is 3. The first-order chi connectivity index (χ1) is 11.5. The molecule has 0 unspecified atom stereocenters. The Balaban J connectivity index is 1.69. The molecule has 122 valence electrons. The number of carbonyl (C=O) groups excluding carboxylic acids is 1. The van der Waals surface area contributed by atoms with Crippen LogP contribution < -0.4 is 5.32 Å². The Morgan fingerprint density at radius 1 is 1.17 bits per heavy atom. The van der Waals surface area contributed by atoms with Crippen LogP contribution in [0, 0.1) is 11.6 Å². The van der Waals surface area contributed by atoms with Gasteiger partial charge in [-0.05, 0) is 29.8 Å². The van der Waals surface area contributed by atoms with Crippen molar-refractivity contribution in [2.45, 2.75) is 6.42 Å². The highest BCUT2D eigenvalue weighted by atomic mass is 35.5. The van der Waals surface area contributed by atoms with Crippen molar-refractivity contribution in [1.29, 1.82) is 0 Å². The second kappa shape index (κ2) is 7.07. The molecule has 0 saturated heterocycles. The molecule has 0 radical (unpaired) electrons. The van der Waals surface area contributed by atoms with Gasteiger partial charge in [-0.2, -0.15) is 0 Å². The quantitative estimate of drug-likeness (QED) is 0.714. The van der Waals surface area contributed by atoms with Crippen molar-refractivity contribution in [2.24, 2.45) is 0 Å². The lowest BCUT2D eigenvalue weighted by Crippen LogP contribution is -2.13. The molecule has 7 heteroatoms. The third kappa shape index (κ3) is 3.96. The van der Waals surface area contributed by atoms with Gasteiger partial charge in [-0.1, -0.05) is 23.7 Å². The number of aromatic nitrogens is 1. The van der Waals surface area contributed by atoms with E-state index in [1.807, 2.05) is 12.1 Å². The highest BCUT2D eigenvalue weighted by molar-refractivity contribution is 7.15. The summed E-state index contributed by atoms with van der Waals surface area (Å²) in [6, 6.07) is 10.2. The maximum atomic E-state index is 13.6. The molecular weight excluding hydrogens is 354 g/mol. The second-order valence-corrected chi connectivity index (χ2v) is 6.56. The molecule has 0 aliphatic carbocycles. The van der Waals surface area contributed by atoms with Crippen molar-refractivity contribution in [2.75, 3.05) is 5.32 Å². The number of nitrogens with zero attached hydrogens (tertiary/aromatic N) is 1. The van der Waals surface area contributed by atoms with Crippen LogP contribution in [0.4, 0.5) is 13.9 Å². The molecule has 1 heterocycles. The first kappa shape index (κ1) is 16.5. The molecule has 1 aromatic heterocycles. The number of carbonyl (C=O) groups is 1.